The molecule has 0 unspecified atom stereocenters. The topological polar surface area (TPSA) is 54.0 Å². The van der Waals surface area contributed by atoms with Crippen LogP contribution in [0.25, 0.3) is 0 Å². The van der Waals surface area contributed by atoms with E-state index in [0.29, 0.717) is 13.0 Å². The van der Waals surface area contributed by atoms with E-state index in [1.165, 1.54) is 6.42 Å². The molecule has 5 nitrogen and oxygen atoms in total. The van der Waals surface area contributed by atoms with Gasteiger partial charge in [-0.3, -0.25) is 4.79 Å². The third kappa shape index (κ3) is 12.2. The quantitative estimate of drug-likeness (QED) is 0.0908. The molecule has 1 aliphatic heterocycles. The molecule has 1 heterocycles. The molecule has 0 amide bonds. The number of rotatable bonds is 16. The molecule has 204 valence electrons. The van der Waals surface area contributed by atoms with Crippen molar-refractivity contribution in [1.82, 2.24) is 0 Å². The van der Waals surface area contributed by atoms with Gasteiger partial charge in [0.25, 0.3) is 0 Å². The molecule has 1 saturated heterocycles. The Kier molecular flexibility index (Phi) is 14.1. The van der Waals surface area contributed by atoms with Crippen LogP contribution in [0.3, 0.4) is 0 Å². The summed E-state index contributed by atoms with van der Waals surface area (Å²) in [5, 5.41) is 0.135. The first kappa shape index (κ1) is 32.1. The Labute approximate surface area is 217 Å². The maximum absolute atomic E-state index is 11.4. The third-order valence-corrected chi connectivity index (χ3v) is 11.4. The van der Waals surface area contributed by atoms with Crippen LogP contribution in [0, 0.1) is 0 Å². The first-order valence-electron chi connectivity index (χ1n) is 13.8. The van der Waals surface area contributed by atoms with Gasteiger partial charge in [-0.2, -0.15) is 0 Å². The summed E-state index contributed by atoms with van der Waals surface area (Å²) in [6.07, 6.45) is 17.5. The van der Waals surface area contributed by atoms with Crippen molar-refractivity contribution in [1.29, 1.82) is 0 Å². The number of hydrogen-bond donors (Lipinski definition) is 0. The van der Waals surface area contributed by atoms with Crippen LogP contribution < -0.4 is 0 Å². The third-order valence-electron chi connectivity index (χ3n) is 6.94. The number of carbonyl (C=O) groups is 1. The number of allylic oxidation sites excluding steroid dienone is 2. The van der Waals surface area contributed by atoms with Gasteiger partial charge in [-0.25, -0.2) is 0 Å². The molecule has 0 aromatic carbocycles. The SMILES string of the molecule is CC/C=C\C[C@H](O[Si](C)(C)C(C)(C)C)[C@@H]1OC(C)(C)O[C@H]1/C=C\CCCCCCCC(=O)OCC. The molecule has 1 fully saturated rings. The zero-order chi connectivity index (χ0) is 26.5. The molecule has 0 saturated carbocycles. The second-order valence-electron chi connectivity index (χ2n) is 11.6. The molecule has 0 bridgehead atoms. The molecule has 0 N–H and O–H groups in total. The number of carbonyl (C=O) groups excluding carboxylic acids is 1. The summed E-state index contributed by atoms with van der Waals surface area (Å²) in [6.45, 7) is 19.9. The average molecular weight is 511 g/mol. The smallest absolute Gasteiger partial charge is 0.305 e. The predicted octanol–water partition coefficient (Wildman–Crippen LogP) is 8.10. The van der Waals surface area contributed by atoms with Crippen molar-refractivity contribution in [2.75, 3.05) is 6.61 Å². The van der Waals surface area contributed by atoms with Crippen LogP contribution in [0.1, 0.15) is 106 Å². The van der Waals surface area contributed by atoms with Gasteiger partial charge in [-0.05, 0) is 71.0 Å². The second-order valence-corrected chi connectivity index (χ2v) is 16.4. The van der Waals surface area contributed by atoms with E-state index in [9.17, 15) is 4.79 Å². The van der Waals surface area contributed by atoms with Gasteiger partial charge in [0.2, 0.25) is 0 Å². The molecule has 1 rings (SSSR count). The number of unbranched alkanes of at least 4 members (excludes halogenated alkanes) is 5. The molecular weight excluding hydrogens is 456 g/mol. The van der Waals surface area contributed by atoms with Crippen molar-refractivity contribution < 1.29 is 23.4 Å². The second kappa shape index (κ2) is 15.3. The molecule has 6 heteroatoms. The van der Waals surface area contributed by atoms with E-state index in [4.69, 9.17) is 18.6 Å². The van der Waals surface area contributed by atoms with Gasteiger partial charge >= 0.3 is 5.97 Å². The summed E-state index contributed by atoms with van der Waals surface area (Å²) in [5.74, 6) is -0.699. The monoisotopic (exact) mass is 510 g/mol. The zero-order valence-corrected chi connectivity index (χ0v) is 25.2. The fourth-order valence-electron chi connectivity index (χ4n) is 3.98. The van der Waals surface area contributed by atoms with Crippen molar-refractivity contribution >= 4 is 14.3 Å². The van der Waals surface area contributed by atoms with Crippen LogP contribution in [0.4, 0.5) is 0 Å². The van der Waals surface area contributed by atoms with E-state index in [0.717, 1.165) is 44.9 Å². The van der Waals surface area contributed by atoms with Crippen LogP contribution >= 0.6 is 0 Å². The lowest BCUT2D eigenvalue weighted by atomic mass is 10.0. The normalized spacial score (nSPS) is 21.7. The van der Waals surface area contributed by atoms with Gasteiger partial charge in [0.05, 0.1) is 12.7 Å². The Bertz CT molecular complexity index is 662. The highest BCUT2D eigenvalue weighted by Crippen LogP contribution is 2.40. The molecule has 0 aromatic rings. The van der Waals surface area contributed by atoms with Crippen molar-refractivity contribution in [3.05, 3.63) is 24.3 Å². The van der Waals surface area contributed by atoms with Crippen LogP contribution in [0.5, 0.6) is 0 Å². The van der Waals surface area contributed by atoms with E-state index >= 15 is 0 Å². The van der Waals surface area contributed by atoms with E-state index in [1.54, 1.807) is 0 Å². The summed E-state index contributed by atoms with van der Waals surface area (Å²) in [6, 6.07) is 0. The van der Waals surface area contributed by atoms with Crippen LogP contribution in [-0.2, 0) is 23.4 Å². The lowest BCUT2D eigenvalue weighted by molar-refractivity contribution is -0.152. The Morgan fingerprint density at radius 3 is 2.29 bits per heavy atom. The van der Waals surface area contributed by atoms with Gasteiger partial charge in [-0.1, -0.05) is 71.3 Å². The van der Waals surface area contributed by atoms with E-state index in [1.807, 2.05) is 20.8 Å². The van der Waals surface area contributed by atoms with Gasteiger partial charge in [0, 0.05) is 6.42 Å². The van der Waals surface area contributed by atoms with E-state index in [2.05, 4.69) is 65.1 Å². The van der Waals surface area contributed by atoms with Crippen LogP contribution in [-0.4, -0.2) is 45.0 Å². The highest BCUT2D eigenvalue weighted by Gasteiger charge is 2.47. The number of hydrogen-bond acceptors (Lipinski definition) is 5. The van der Waals surface area contributed by atoms with Crippen molar-refractivity contribution in [3.63, 3.8) is 0 Å². The van der Waals surface area contributed by atoms with Crippen molar-refractivity contribution in [2.24, 2.45) is 0 Å². The molecule has 35 heavy (non-hydrogen) atoms. The van der Waals surface area contributed by atoms with E-state index in [-0.39, 0.29) is 29.3 Å². The molecule has 0 aromatic heterocycles. The summed E-state index contributed by atoms with van der Waals surface area (Å²) in [4.78, 5) is 11.4. The Morgan fingerprint density at radius 1 is 1.00 bits per heavy atom. The molecule has 0 radical (unpaired) electrons. The zero-order valence-electron chi connectivity index (χ0n) is 24.2. The minimum atomic E-state index is -1.97. The van der Waals surface area contributed by atoms with Gasteiger partial charge in [0.1, 0.15) is 12.2 Å². The Morgan fingerprint density at radius 2 is 1.66 bits per heavy atom. The highest BCUT2D eigenvalue weighted by molar-refractivity contribution is 6.74. The summed E-state index contributed by atoms with van der Waals surface area (Å²) < 4.78 is 24.6. The molecule has 0 spiro atoms. The summed E-state index contributed by atoms with van der Waals surface area (Å²) in [5.41, 5.74) is 0. The van der Waals surface area contributed by atoms with Gasteiger partial charge in [0.15, 0.2) is 14.1 Å². The van der Waals surface area contributed by atoms with Crippen LogP contribution in [0.15, 0.2) is 24.3 Å². The minimum absolute atomic E-state index is 0.0329. The molecular formula is C29H54O5Si. The van der Waals surface area contributed by atoms with Gasteiger partial charge in [-0.15, -0.1) is 0 Å². The molecule has 1 aliphatic rings. The summed E-state index contributed by atoms with van der Waals surface area (Å²) >= 11 is 0. The maximum atomic E-state index is 11.4. The van der Waals surface area contributed by atoms with Crippen molar-refractivity contribution in [2.45, 2.75) is 148 Å². The number of esters is 1. The minimum Gasteiger partial charge on any atom is -0.466 e. The lowest BCUT2D eigenvalue weighted by Gasteiger charge is -2.41. The first-order chi connectivity index (χ1) is 16.3. The summed E-state index contributed by atoms with van der Waals surface area (Å²) in [7, 11) is -1.97. The highest BCUT2D eigenvalue weighted by atomic mass is 28.4. The standard InChI is InChI=1S/C29H54O5Si/c1-10-12-18-22-25(34-35(8,9)28(3,4)5)27-24(32-29(6,7)33-27)21-19-16-14-13-15-17-20-23-26(30)31-11-2/h12,18-19,21,24-25,27H,10-11,13-17,20,22-23H2,1-9H3/b18-12-,21-19-/t24-,25-,27+/m0/s1. The number of ether oxygens (including phenoxy) is 3. The van der Waals surface area contributed by atoms with E-state index < -0.39 is 14.1 Å². The van der Waals surface area contributed by atoms with Crippen LogP contribution in [0.2, 0.25) is 18.1 Å². The average Bonchev–Trinajstić information content (AvgIpc) is 3.05. The Balaban J connectivity index is 2.66. The first-order valence-corrected chi connectivity index (χ1v) is 16.7. The fourth-order valence-corrected chi connectivity index (χ4v) is 5.32. The lowest BCUT2D eigenvalue weighted by Crippen LogP contribution is -2.49. The van der Waals surface area contributed by atoms with Gasteiger partial charge < -0.3 is 18.6 Å². The largest absolute Gasteiger partial charge is 0.466 e. The predicted molar refractivity (Wildman–Crippen MR) is 148 cm³/mol. The molecule has 3 atom stereocenters. The molecule has 0 aliphatic carbocycles. The maximum Gasteiger partial charge on any atom is 0.305 e. The van der Waals surface area contributed by atoms with Crippen molar-refractivity contribution in [3.8, 4) is 0 Å². The fraction of sp³-hybridized carbons (Fsp3) is 0.828. The Hall–Kier alpha value is -0.953.